The molecule has 2 amide bonds. The molecule has 0 bridgehead atoms. The number of carboxylic acid groups (broad SMARTS) is 1. The van der Waals surface area contributed by atoms with Gasteiger partial charge < -0.3 is 15.7 Å². The Bertz CT molecular complexity index is 360. The summed E-state index contributed by atoms with van der Waals surface area (Å²) in [5, 5.41) is 13.1. The number of amides is 2. The smallest absolute Gasteiger partial charge is 0.401 e. The van der Waals surface area contributed by atoms with Gasteiger partial charge in [-0.3, -0.25) is 19.3 Å². The number of carbonyl (C=O) groups is 3. The molecule has 116 valence electrons. The van der Waals surface area contributed by atoms with Crippen molar-refractivity contribution in [3.63, 3.8) is 0 Å². The van der Waals surface area contributed by atoms with Crippen molar-refractivity contribution >= 4 is 17.8 Å². The van der Waals surface area contributed by atoms with Crippen LogP contribution in [0.4, 0.5) is 13.2 Å². The van der Waals surface area contributed by atoms with E-state index in [-0.39, 0.29) is 19.0 Å². The van der Waals surface area contributed by atoms with Gasteiger partial charge in [0, 0.05) is 20.0 Å². The van der Waals surface area contributed by atoms with Gasteiger partial charge in [-0.25, -0.2) is 0 Å². The Morgan fingerprint density at radius 3 is 2.10 bits per heavy atom. The molecule has 0 radical (unpaired) electrons. The molecule has 0 saturated heterocycles. The fourth-order valence-corrected chi connectivity index (χ4v) is 1.31. The molecule has 0 aromatic rings. The van der Waals surface area contributed by atoms with E-state index in [4.69, 9.17) is 5.11 Å². The summed E-state index contributed by atoms with van der Waals surface area (Å²) in [4.78, 5) is 32.8. The number of carbonyl (C=O) groups excluding carboxylic acids is 2. The molecule has 0 rings (SSSR count). The lowest BCUT2D eigenvalue weighted by molar-refractivity contribution is -0.155. The third-order valence-electron chi connectivity index (χ3n) is 1.95. The maximum absolute atomic E-state index is 12.2. The van der Waals surface area contributed by atoms with Gasteiger partial charge in [0.15, 0.2) is 0 Å². The number of hydrogen-bond acceptors (Lipinski definition) is 4. The molecule has 7 nitrogen and oxygen atoms in total. The molecule has 0 aliphatic rings. The first kappa shape index (κ1) is 18.2. The van der Waals surface area contributed by atoms with Crippen LogP contribution in [0.15, 0.2) is 0 Å². The number of aliphatic carboxylic acids is 1. The standard InChI is InChI=1S/C10H16F3N3O4/c1-7(17)14-2-3-15-8(18)4-16(5-9(19)20)6-10(11,12)13/h2-6H2,1H3,(H,14,17)(H,15,18)(H,19,20). The van der Waals surface area contributed by atoms with E-state index in [9.17, 15) is 27.6 Å². The summed E-state index contributed by atoms with van der Waals surface area (Å²) in [6.07, 6.45) is -4.59. The molecule has 0 atom stereocenters. The number of halogens is 3. The van der Waals surface area contributed by atoms with Crippen LogP contribution in [0.3, 0.4) is 0 Å². The summed E-state index contributed by atoms with van der Waals surface area (Å²) in [7, 11) is 0. The van der Waals surface area contributed by atoms with Crippen LogP contribution in [-0.4, -0.2) is 66.7 Å². The van der Waals surface area contributed by atoms with Crippen LogP contribution in [0.5, 0.6) is 0 Å². The number of nitrogens with zero attached hydrogens (tertiary/aromatic N) is 1. The number of carboxylic acids is 1. The molecule has 0 heterocycles. The first-order valence-electron chi connectivity index (χ1n) is 5.62. The normalized spacial score (nSPS) is 11.2. The molecular formula is C10H16F3N3O4. The highest BCUT2D eigenvalue weighted by molar-refractivity contribution is 5.79. The predicted molar refractivity (Wildman–Crippen MR) is 61.8 cm³/mol. The van der Waals surface area contributed by atoms with Gasteiger partial charge in [-0.2, -0.15) is 13.2 Å². The molecule has 0 saturated carbocycles. The molecule has 3 N–H and O–H groups in total. The van der Waals surface area contributed by atoms with Gasteiger partial charge in [0.2, 0.25) is 11.8 Å². The zero-order valence-corrected chi connectivity index (χ0v) is 10.8. The van der Waals surface area contributed by atoms with Crippen molar-refractivity contribution in [2.45, 2.75) is 13.1 Å². The second kappa shape index (κ2) is 8.35. The van der Waals surface area contributed by atoms with Crippen LogP contribution >= 0.6 is 0 Å². The average molecular weight is 299 g/mol. The lowest BCUT2D eigenvalue weighted by Gasteiger charge is -2.21. The first-order chi connectivity index (χ1) is 9.10. The number of alkyl halides is 3. The number of nitrogens with one attached hydrogen (secondary N) is 2. The zero-order valence-electron chi connectivity index (χ0n) is 10.8. The number of hydrogen-bond donors (Lipinski definition) is 3. The fraction of sp³-hybridized carbons (Fsp3) is 0.700. The van der Waals surface area contributed by atoms with Crippen LogP contribution in [-0.2, 0) is 14.4 Å². The lowest BCUT2D eigenvalue weighted by atomic mass is 10.4. The summed E-state index contributed by atoms with van der Waals surface area (Å²) in [5.41, 5.74) is 0. The Balaban J connectivity index is 4.18. The van der Waals surface area contributed by atoms with Crippen molar-refractivity contribution in [3.05, 3.63) is 0 Å². The second-order valence-corrected chi connectivity index (χ2v) is 3.99. The van der Waals surface area contributed by atoms with E-state index in [1.54, 1.807) is 0 Å². The molecule has 0 aromatic carbocycles. The number of rotatable bonds is 8. The van der Waals surface area contributed by atoms with E-state index in [0.717, 1.165) is 0 Å². The van der Waals surface area contributed by atoms with Crippen molar-refractivity contribution in [3.8, 4) is 0 Å². The lowest BCUT2D eigenvalue weighted by Crippen LogP contribution is -2.45. The second-order valence-electron chi connectivity index (χ2n) is 3.99. The zero-order chi connectivity index (χ0) is 15.8. The Morgan fingerprint density at radius 2 is 1.65 bits per heavy atom. The highest BCUT2D eigenvalue weighted by Crippen LogP contribution is 2.16. The molecule has 0 spiro atoms. The maximum atomic E-state index is 12.2. The third kappa shape index (κ3) is 11.3. The monoisotopic (exact) mass is 299 g/mol. The van der Waals surface area contributed by atoms with E-state index in [0.29, 0.717) is 4.90 Å². The summed E-state index contributed by atoms with van der Waals surface area (Å²) in [6, 6.07) is 0. The predicted octanol–water partition coefficient (Wildman–Crippen LogP) is -0.812. The Kier molecular flexibility index (Phi) is 7.59. The van der Waals surface area contributed by atoms with Crippen molar-refractivity contribution in [1.82, 2.24) is 15.5 Å². The summed E-state index contributed by atoms with van der Waals surface area (Å²) in [5.74, 6) is -2.51. The van der Waals surface area contributed by atoms with E-state index >= 15 is 0 Å². The van der Waals surface area contributed by atoms with Crippen molar-refractivity contribution < 1.29 is 32.7 Å². The molecule has 0 aliphatic carbocycles. The molecule has 10 heteroatoms. The molecule has 0 fully saturated rings. The van der Waals surface area contributed by atoms with Crippen molar-refractivity contribution in [2.24, 2.45) is 0 Å². The topological polar surface area (TPSA) is 98.7 Å². The van der Waals surface area contributed by atoms with Crippen molar-refractivity contribution in [1.29, 1.82) is 0 Å². The highest BCUT2D eigenvalue weighted by atomic mass is 19.4. The Labute approximate surface area is 113 Å². The minimum absolute atomic E-state index is 0.0470. The first-order valence-corrected chi connectivity index (χ1v) is 5.62. The van der Waals surface area contributed by atoms with Gasteiger partial charge in [0.25, 0.3) is 0 Å². The largest absolute Gasteiger partial charge is 0.480 e. The van der Waals surface area contributed by atoms with Crippen LogP contribution in [0.25, 0.3) is 0 Å². The quantitative estimate of drug-likeness (QED) is 0.509. The van der Waals surface area contributed by atoms with Crippen molar-refractivity contribution in [2.75, 3.05) is 32.7 Å². The van der Waals surface area contributed by atoms with Crippen LogP contribution in [0.2, 0.25) is 0 Å². The molecule has 0 unspecified atom stereocenters. The summed E-state index contributed by atoms with van der Waals surface area (Å²) in [6.45, 7) is -1.60. The van der Waals surface area contributed by atoms with E-state index in [1.165, 1.54) is 6.92 Å². The molecule has 0 aliphatic heterocycles. The van der Waals surface area contributed by atoms with Gasteiger partial charge >= 0.3 is 12.1 Å². The van der Waals surface area contributed by atoms with E-state index < -0.39 is 37.7 Å². The molecular weight excluding hydrogens is 283 g/mol. The van der Waals surface area contributed by atoms with E-state index in [1.807, 2.05) is 0 Å². The van der Waals surface area contributed by atoms with Gasteiger partial charge in [-0.1, -0.05) is 0 Å². The molecule has 20 heavy (non-hydrogen) atoms. The average Bonchev–Trinajstić information content (AvgIpc) is 2.20. The SMILES string of the molecule is CC(=O)NCCNC(=O)CN(CC(=O)O)CC(F)(F)F. The fourth-order valence-electron chi connectivity index (χ4n) is 1.31. The van der Waals surface area contributed by atoms with Gasteiger partial charge in [-0.05, 0) is 0 Å². The Morgan fingerprint density at radius 1 is 1.10 bits per heavy atom. The summed E-state index contributed by atoms with van der Waals surface area (Å²) < 4.78 is 36.6. The summed E-state index contributed by atoms with van der Waals surface area (Å²) >= 11 is 0. The van der Waals surface area contributed by atoms with Crippen LogP contribution in [0, 0.1) is 0 Å². The van der Waals surface area contributed by atoms with Gasteiger partial charge in [0.05, 0.1) is 19.6 Å². The minimum Gasteiger partial charge on any atom is -0.480 e. The Hall–Kier alpha value is -1.84. The minimum atomic E-state index is -4.59. The van der Waals surface area contributed by atoms with Crippen LogP contribution < -0.4 is 10.6 Å². The van der Waals surface area contributed by atoms with Gasteiger partial charge in [0.1, 0.15) is 0 Å². The highest BCUT2D eigenvalue weighted by Gasteiger charge is 2.32. The maximum Gasteiger partial charge on any atom is 0.401 e. The third-order valence-corrected chi connectivity index (χ3v) is 1.95. The van der Waals surface area contributed by atoms with E-state index in [2.05, 4.69) is 10.6 Å². The van der Waals surface area contributed by atoms with Gasteiger partial charge in [-0.15, -0.1) is 0 Å². The van der Waals surface area contributed by atoms with Crippen LogP contribution in [0.1, 0.15) is 6.92 Å². The molecule has 0 aromatic heterocycles.